The first-order valence-corrected chi connectivity index (χ1v) is 8.08. The largest absolute Gasteiger partial charge is 0.352 e. The molecule has 4 heteroatoms. The normalized spacial score (nSPS) is 32.4. The summed E-state index contributed by atoms with van der Waals surface area (Å²) in [5.74, 6) is 0.259. The number of amides is 1. The van der Waals surface area contributed by atoms with E-state index in [1.165, 1.54) is 38.6 Å². The first kappa shape index (κ1) is 13.4. The SMILES string of the molecule is O=C(CCC1CCCCN1)NC1CCN(C2CC2)C1. The third-order valence-corrected chi connectivity index (χ3v) is 4.78. The maximum absolute atomic E-state index is 12.0. The maximum Gasteiger partial charge on any atom is 0.220 e. The number of nitrogens with zero attached hydrogens (tertiary/aromatic N) is 1. The highest BCUT2D eigenvalue weighted by molar-refractivity contribution is 5.76. The molecule has 0 aromatic rings. The molecule has 2 N–H and O–H groups in total. The molecule has 2 saturated heterocycles. The van der Waals surface area contributed by atoms with Crippen molar-refractivity contribution in [3.63, 3.8) is 0 Å². The van der Waals surface area contributed by atoms with Gasteiger partial charge in [0.2, 0.25) is 5.91 Å². The van der Waals surface area contributed by atoms with E-state index in [1.807, 2.05) is 0 Å². The molecule has 19 heavy (non-hydrogen) atoms. The summed E-state index contributed by atoms with van der Waals surface area (Å²) in [6, 6.07) is 1.83. The third-order valence-electron chi connectivity index (χ3n) is 4.78. The van der Waals surface area contributed by atoms with E-state index in [1.54, 1.807) is 0 Å². The predicted octanol–water partition coefficient (Wildman–Crippen LogP) is 1.26. The highest BCUT2D eigenvalue weighted by Crippen LogP contribution is 2.29. The Morgan fingerprint density at radius 3 is 2.84 bits per heavy atom. The maximum atomic E-state index is 12.0. The number of carbonyl (C=O) groups excluding carboxylic acids is 1. The second kappa shape index (κ2) is 6.23. The van der Waals surface area contributed by atoms with Crippen LogP contribution in [0, 0.1) is 0 Å². The Hall–Kier alpha value is -0.610. The lowest BCUT2D eigenvalue weighted by Crippen LogP contribution is -2.39. The molecule has 0 aromatic heterocycles. The minimum atomic E-state index is 0.259. The molecule has 3 aliphatic rings. The van der Waals surface area contributed by atoms with Crippen LogP contribution in [0.5, 0.6) is 0 Å². The van der Waals surface area contributed by atoms with Crippen molar-refractivity contribution in [2.45, 2.75) is 69.5 Å². The Kier molecular flexibility index (Phi) is 4.38. The Morgan fingerprint density at radius 1 is 1.21 bits per heavy atom. The molecular formula is C15H27N3O. The Labute approximate surface area is 116 Å². The lowest BCUT2D eigenvalue weighted by atomic mass is 10.0. The Morgan fingerprint density at radius 2 is 2.11 bits per heavy atom. The fraction of sp³-hybridized carbons (Fsp3) is 0.933. The third kappa shape index (κ3) is 3.93. The average molecular weight is 265 g/mol. The minimum Gasteiger partial charge on any atom is -0.352 e. The Bertz CT molecular complexity index is 311. The van der Waals surface area contributed by atoms with Gasteiger partial charge in [-0.2, -0.15) is 0 Å². The van der Waals surface area contributed by atoms with E-state index in [4.69, 9.17) is 0 Å². The van der Waals surface area contributed by atoms with Crippen LogP contribution in [0.1, 0.15) is 51.4 Å². The molecule has 0 spiro atoms. The lowest BCUT2D eigenvalue weighted by Gasteiger charge is -2.23. The molecule has 0 radical (unpaired) electrons. The summed E-state index contributed by atoms with van der Waals surface area (Å²) in [5.41, 5.74) is 0. The molecule has 1 amide bonds. The zero-order valence-electron chi connectivity index (χ0n) is 11.9. The van der Waals surface area contributed by atoms with Crippen molar-refractivity contribution in [1.29, 1.82) is 0 Å². The number of carbonyl (C=O) groups is 1. The van der Waals surface area contributed by atoms with Crippen LogP contribution in [0.2, 0.25) is 0 Å². The molecule has 1 saturated carbocycles. The molecule has 3 rings (SSSR count). The highest BCUT2D eigenvalue weighted by Gasteiger charge is 2.34. The van der Waals surface area contributed by atoms with E-state index in [-0.39, 0.29) is 5.91 Å². The molecule has 0 bridgehead atoms. The fourth-order valence-corrected chi connectivity index (χ4v) is 3.45. The van der Waals surface area contributed by atoms with Gasteiger partial charge in [-0.15, -0.1) is 0 Å². The van der Waals surface area contributed by atoms with E-state index < -0.39 is 0 Å². The van der Waals surface area contributed by atoms with Gasteiger partial charge < -0.3 is 10.6 Å². The minimum absolute atomic E-state index is 0.259. The number of piperidine rings is 1. The zero-order chi connectivity index (χ0) is 13.1. The number of hydrogen-bond donors (Lipinski definition) is 2. The summed E-state index contributed by atoms with van der Waals surface area (Å²) in [5, 5.41) is 6.73. The van der Waals surface area contributed by atoms with Crippen LogP contribution < -0.4 is 10.6 Å². The second-order valence-corrected chi connectivity index (χ2v) is 6.46. The van der Waals surface area contributed by atoms with Crippen LogP contribution in [0.4, 0.5) is 0 Å². The standard InChI is InChI=1S/C15H27N3O/c19-15(7-4-12-3-1-2-9-16-12)17-13-8-10-18(11-13)14-5-6-14/h12-14,16H,1-11H2,(H,17,19). The van der Waals surface area contributed by atoms with E-state index in [9.17, 15) is 4.79 Å². The summed E-state index contributed by atoms with van der Waals surface area (Å²) in [6.07, 6.45) is 9.43. The van der Waals surface area contributed by atoms with Gasteiger partial charge in [0, 0.05) is 37.6 Å². The van der Waals surface area contributed by atoms with Crippen LogP contribution in [-0.4, -0.2) is 48.6 Å². The first-order valence-electron chi connectivity index (χ1n) is 8.08. The molecule has 3 fully saturated rings. The van der Waals surface area contributed by atoms with Crippen LogP contribution >= 0.6 is 0 Å². The van der Waals surface area contributed by atoms with Crippen LogP contribution in [0.15, 0.2) is 0 Å². The van der Waals surface area contributed by atoms with Crippen molar-refractivity contribution in [3.05, 3.63) is 0 Å². The molecule has 2 heterocycles. The van der Waals surface area contributed by atoms with Gasteiger partial charge in [-0.1, -0.05) is 6.42 Å². The van der Waals surface area contributed by atoms with E-state index in [2.05, 4.69) is 15.5 Å². The second-order valence-electron chi connectivity index (χ2n) is 6.46. The summed E-state index contributed by atoms with van der Waals surface area (Å²) in [6.45, 7) is 3.39. The van der Waals surface area contributed by atoms with Gasteiger partial charge in [0.25, 0.3) is 0 Å². The molecule has 108 valence electrons. The fourth-order valence-electron chi connectivity index (χ4n) is 3.45. The monoisotopic (exact) mass is 265 g/mol. The molecule has 2 atom stereocenters. The van der Waals surface area contributed by atoms with Crippen molar-refractivity contribution in [1.82, 2.24) is 15.5 Å². The van der Waals surface area contributed by atoms with Crippen molar-refractivity contribution in [2.75, 3.05) is 19.6 Å². The lowest BCUT2D eigenvalue weighted by molar-refractivity contribution is -0.121. The van der Waals surface area contributed by atoms with Gasteiger partial charge in [0.15, 0.2) is 0 Å². The highest BCUT2D eigenvalue weighted by atomic mass is 16.1. The van der Waals surface area contributed by atoms with Crippen LogP contribution in [0.25, 0.3) is 0 Å². The molecule has 2 unspecified atom stereocenters. The van der Waals surface area contributed by atoms with Crippen molar-refractivity contribution in [3.8, 4) is 0 Å². The van der Waals surface area contributed by atoms with E-state index in [0.717, 1.165) is 32.0 Å². The first-order chi connectivity index (χ1) is 9.31. The van der Waals surface area contributed by atoms with Crippen molar-refractivity contribution in [2.24, 2.45) is 0 Å². The number of likely N-dealkylation sites (tertiary alicyclic amines) is 1. The number of rotatable bonds is 5. The molecule has 0 aromatic carbocycles. The predicted molar refractivity (Wildman–Crippen MR) is 76.0 cm³/mol. The van der Waals surface area contributed by atoms with Crippen LogP contribution in [-0.2, 0) is 4.79 Å². The molecule has 4 nitrogen and oxygen atoms in total. The van der Waals surface area contributed by atoms with Gasteiger partial charge in [0.05, 0.1) is 0 Å². The van der Waals surface area contributed by atoms with Gasteiger partial charge in [-0.05, 0) is 45.1 Å². The average Bonchev–Trinajstić information content (AvgIpc) is 3.19. The van der Waals surface area contributed by atoms with Gasteiger partial charge >= 0.3 is 0 Å². The topological polar surface area (TPSA) is 44.4 Å². The van der Waals surface area contributed by atoms with Gasteiger partial charge in [-0.3, -0.25) is 9.69 Å². The zero-order valence-corrected chi connectivity index (χ0v) is 11.9. The summed E-state index contributed by atoms with van der Waals surface area (Å²) in [4.78, 5) is 14.5. The van der Waals surface area contributed by atoms with Gasteiger partial charge in [0.1, 0.15) is 0 Å². The van der Waals surface area contributed by atoms with Crippen molar-refractivity contribution >= 4 is 5.91 Å². The summed E-state index contributed by atoms with van der Waals surface area (Å²) in [7, 11) is 0. The van der Waals surface area contributed by atoms with Crippen LogP contribution in [0.3, 0.4) is 0 Å². The summed E-state index contributed by atoms with van der Waals surface area (Å²) >= 11 is 0. The van der Waals surface area contributed by atoms with E-state index >= 15 is 0 Å². The number of nitrogens with one attached hydrogen (secondary N) is 2. The Balaban J connectivity index is 1.32. The molecule has 1 aliphatic carbocycles. The van der Waals surface area contributed by atoms with E-state index in [0.29, 0.717) is 18.5 Å². The number of hydrogen-bond acceptors (Lipinski definition) is 3. The summed E-state index contributed by atoms with van der Waals surface area (Å²) < 4.78 is 0. The quantitative estimate of drug-likeness (QED) is 0.786. The van der Waals surface area contributed by atoms with Gasteiger partial charge in [-0.25, -0.2) is 0 Å². The molecular weight excluding hydrogens is 238 g/mol. The molecule has 2 aliphatic heterocycles. The smallest absolute Gasteiger partial charge is 0.220 e. The van der Waals surface area contributed by atoms with Crippen molar-refractivity contribution < 1.29 is 4.79 Å².